The van der Waals surface area contributed by atoms with Gasteiger partial charge in [-0.1, -0.05) is 0 Å². The number of nitrogens with one attached hydrogen (secondary N) is 2. The predicted molar refractivity (Wildman–Crippen MR) is 115 cm³/mol. The average molecular weight is 427 g/mol. The maximum atomic E-state index is 14.3. The molecule has 2 atom stereocenters. The number of amides is 1. The molecule has 31 heavy (non-hydrogen) atoms. The van der Waals surface area contributed by atoms with Gasteiger partial charge in [0, 0.05) is 49.8 Å². The summed E-state index contributed by atoms with van der Waals surface area (Å²) in [5.41, 5.74) is 1.37. The van der Waals surface area contributed by atoms with Crippen molar-refractivity contribution in [1.29, 1.82) is 0 Å². The largest absolute Gasteiger partial charge is 0.477 e. The fourth-order valence-corrected chi connectivity index (χ4v) is 3.85. The van der Waals surface area contributed by atoms with E-state index in [4.69, 9.17) is 4.74 Å². The fraction of sp³-hybridized carbons (Fsp3) is 0.429. The number of carbonyl (C=O) groups excluding carboxylic acids is 1. The molecule has 2 N–H and O–H groups in total. The normalized spacial score (nSPS) is 18.9. The highest BCUT2D eigenvalue weighted by molar-refractivity contribution is 6.05. The molecule has 0 aromatic carbocycles. The van der Waals surface area contributed by atoms with Crippen molar-refractivity contribution in [3.63, 3.8) is 0 Å². The zero-order chi connectivity index (χ0) is 22.1. The molecule has 1 aliphatic rings. The van der Waals surface area contributed by atoms with E-state index in [1.54, 1.807) is 19.3 Å². The van der Waals surface area contributed by atoms with Crippen LogP contribution in [-0.4, -0.2) is 57.0 Å². The first-order chi connectivity index (χ1) is 14.8. The van der Waals surface area contributed by atoms with Crippen LogP contribution in [0.5, 0.6) is 5.88 Å². The molecular weight excluding hydrogens is 401 g/mol. The zero-order valence-electron chi connectivity index (χ0n) is 18.0. The van der Waals surface area contributed by atoms with Gasteiger partial charge in [0.1, 0.15) is 5.56 Å². The molecule has 1 saturated heterocycles. The Labute approximate surface area is 179 Å². The molecule has 0 saturated carbocycles. The van der Waals surface area contributed by atoms with Gasteiger partial charge in [0.15, 0.2) is 11.5 Å². The molecule has 9 nitrogen and oxygen atoms in total. The van der Waals surface area contributed by atoms with E-state index in [2.05, 4.69) is 44.3 Å². The van der Waals surface area contributed by atoms with Gasteiger partial charge in [0.05, 0.1) is 18.0 Å². The van der Waals surface area contributed by atoms with Crippen molar-refractivity contribution in [1.82, 2.24) is 24.7 Å². The van der Waals surface area contributed by atoms with Crippen LogP contribution in [0.15, 0.2) is 24.7 Å². The first-order valence-corrected chi connectivity index (χ1v) is 10.3. The molecule has 10 heteroatoms. The minimum Gasteiger partial charge on any atom is -0.477 e. The van der Waals surface area contributed by atoms with Crippen molar-refractivity contribution in [2.45, 2.75) is 39.8 Å². The first-order valence-electron chi connectivity index (χ1n) is 10.3. The smallest absolute Gasteiger partial charge is 0.262 e. The molecule has 0 bridgehead atoms. The van der Waals surface area contributed by atoms with Crippen LogP contribution >= 0.6 is 0 Å². The van der Waals surface area contributed by atoms with E-state index in [1.165, 1.54) is 16.7 Å². The van der Waals surface area contributed by atoms with Crippen LogP contribution in [0.4, 0.5) is 16.0 Å². The summed E-state index contributed by atoms with van der Waals surface area (Å²) in [6.07, 6.45) is 4.75. The van der Waals surface area contributed by atoms with Crippen LogP contribution in [0.1, 0.15) is 36.8 Å². The number of carbonyl (C=O) groups is 1. The van der Waals surface area contributed by atoms with Gasteiger partial charge in [0.2, 0.25) is 11.8 Å². The second-order valence-corrected chi connectivity index (χ2v) is 7.84. The average Bonchev–Trinajstić information content (AvgIpc) is 3.08. The number of hydrogen-bond donors (Lipinski definition) is 2. The minimum absolute atomic E-state index is 0.184. The molecule has 0 spiro atoms. The predicted octanol–water partition coefficient (Wildman–Crippen LogP) is 2.41. The molecule has 3 aromatic heterocycles. The molecule has 0 radical (unpaired) electrons. The lowest BCUT2D eigenvalue weighted by atomic mass is 10.1. The quantitative estimate of drug-likeness (QED) is 0.645. The lowest BCUT2D eigenvalue weighted by Crippen LogP contribution is -2.54. The Kier molecular flexibility index (Phi) is 5.73. The number of pyridine rings is 1. The van der Waals surface area contributed by atoms with Crippen molar-refractivity contribution in [2.24, 2.45) is 0 Å². The van der Waals surface area contributed by atoms with Crippen LogP contribution in [0, 0.1) is 12.7 Å². The molecule has 164 valence electrons. The second kappa shape index (κ2) is 8.46. The summed E-state index contributed by atoms with van der Waals surface area (Å²) in [6, 6.07) is 1.82. The Morgan fingerprint density at radius 1 is 1.29 bits per heavy atom. The number of aromatic nitrogens is 4. The van der Waals surface area contributed by atoms with Crippen LogP contribution in [0.3, 0.4) is 0 Å². The number of aryl methyl sites for hydroxylation is 1. The summed E-state index contributed by atoms with van der Waals surface area (Å²) in [4.78, 5) is 28.0. The number of imidazole rings is 1. The number of rotatable bonds is 5. The number of hydrogen-bond acceptors (Lipinski definition) is 7. The highest BCUT2D eigenvalue weighted by Gasteiger charge is 2.25. The number of halogens is 1. The summed E-state index contributed by atoms with van der Waals surface area (Å²) < 4.78 is 21.5. The van der Waals surface area contributed by atoms with Crippen molar-refractivity contribution in [3.8, 4) is 5.88 Å². The van der Waals surface area contributed by atoms with Gasteiger partial charge in [-0.05, 0) is 27.7 Å². The number of ether oxygens (including phenoxy) is 1. The van der Waals surface area contributed by atoms with Gasteiger partial charge in [-0.2, -0.15) is 4.98 Å². The van der Waals surface area contributed by atoms with Crippen LogP contribution in [0.2, 0.25) is 0 Å². The molecule has 0 aliphatic carbocycles. The maximum Gasteiger partial charge on any atom is 0.262 e. The third-order valence-electron chi connectivity index (χ3n) is 4.99. The monoisotopic (exact) mass is 427 g/mol. The van der Waals surface area contributed by atoms with E-state index in [1.807, 2.05) is 6.92 Å². The van der Waals surface area contributed by atoms with Crippen molar-refractivity contribution >= 4 is 23.2 Å². The highest BCUT2D eigenvalue weighted by atomic mass is 19.1. The molecule has 2 unspecified atom stereocenters. The lowest BCUT2D eigenvalue weighted by Gasteiger charge is -2.36. The van der Waals surface area contributed by atoms with Gasteiger partial charge in [0.25, 0.3) is 5.91 Å². The summed E-state index contributed by atoms with van der Waals surface area (Å²) in [5, 5.41) is 6.17. The topological polar surface area (TPSA) is 96.7 Å². The fourth-order valence-electron chi connectivity index (χ4n) is 3.85. The van der Waals surface area contributed by atoms with Gasteiger partial charge in [-0.25, -0.2) is 14.4 Å². The standard InChI is InChI=1S/C21H26FN7O2/c1-5-31-20-16(7-23-21(27-20)29-9-12(2)24-13(3)10-29)19(30)26-15-6-17(22)18-25-14(4)8-28(18)11-15/h6-8,11-13,24H,5,9-10H2,1-4H3,(H,26,30). The van der Waals surface area contributed by atoms with E-state index >= 15 is 0 Å². The number of nitrogens with zero attached hydrogens (tertiary/aromatic N) is 5. The van der Waals surface area contributed by atoms with E-state index in [9.17, 15) is 9.18 Å². The third kappa shape index (κ3) is 4.43. The summed E-state index contributed by atoms with van der Waals surface area (Å²) >= 11 is 0. The van der Waals surface area contributed by atoms with Crippen molar-refractivity contribution < 1.29 is 13.9 Å². The first kappa shape index (κ1) is 21.0. The van der Waals surface area contributed by atoms with Crippen molar-refractivity contribution in [2.75, 3.05) is 29.9 Å². The van der Waals surface area contributed by atoms with E-state index in [0.717, 1.165) is 13.1 Å². The Morgan fingerprint density at radius 2 is 2.03 bits per heavy atom. The summed E-state index contributed by atoms with van der Waals surface area (Å²) in [5.74, 6) is -0.289. The molecule has 1 amide bonds. The van der Waals surface area contributed by atoms with E-state index in [0.29, 0.717) is 36.0 Å². The van der Waals surface area contributed by atoms with Crippen molar-refractivity contribution in [3.05, 3.63) is 41.7 Å². The second-order valence-electron chi connectivity index (χ2n) is 7.84. The SMILES string of the molecule is CCOc1nc(N2CC(C)NC(C)C2)ncc1C(=O)Nc1cc(F)c2nc(C)cn2c1. The molecule has 1 fully saturated rings. The number of piperazine rings is 1. The molecule has 4 rings (SSSR count). The number of anilines is 2. The van der Waals surface area contributed by atoms with Gasteiger partial charge < -0.3 is 24.7 Å². The van der Waals surface area contributed by atoms with Gasteiger partial charge in [-0.3, -0.25) is 4.79 Å². The van der Waals surface area contributed by atoms with Crippen LogP contribution in [-0.2, 0) is 0 Å². The zero-order valence-corrected chi connectivity index (χ0v) is 18.0. The Bertz CT molecular complexity index is 1110. The number of fused-ring (bicyclic) bond motifs is 1. The third-order valence-corrected chi connectivity index (χ3v) is 4.99. The van der Waals surface area contributed by atoms with E-state index < -0.39 is 11.7 Å². The molecule has 3 aromatic rings. The Balaban J connectivity index is 1.60. The molecule has 4 heterocycles. The summed E-state index contributed by atoms with van der Waals surface area (Å²) in [7, 11) is 0. The minimum atomic E-state index is -0.524. The summed E-state index contributed by atoms with van der Waals surface area (Å²) in [6.45, 7) is 9.66. The van der Waals surface area contributed by atoms with Gasteiger partial charge in [-0.15, -0.1) is 0 Å². The molecule has 1 aliphatic heterocycles. The molecular formula is C21H26FN7O2. The van der Waals surface area contributed by atoms with Gasteiger partial charge >= 0.3 is 0 Å². The highest BCUT2D eigenvalue weighted by Crippen LogP contribution is 2.23. The van der Waals surface area contributed by atoms with Crippen LogP contribution in [0.25, 0.3) is 5.65 Å². The lowest BCUT2D eigenvalue weighted by molar-refractivity contribution is 0.102. The Hall–Kier alpha value is -3.27. The van der Waals surface area contributed by atoms with E-state index in [-0.39, 0.29) is 17.1 Å². The van der Waals surface area contributed by atoms with Crippen LogP contribution < -0.4 is 20.3 Å². The Morgan fingerprint density at radius 3 is 2.74 bits per heavy atom. The maximum absolute atomic E-state index is 14.3.